The summed E-state index contributed by atoms with van der Waals surface area (Å²) in [6, 6.07) is 9.28. The van der Waals surface area contributed by atoms with E-state index in [-0.39, 0.29) is 17.7 Å². The molecule has 1 aromatic carbocycles. The van der Waals surface area contributed by atoms with Crippen LogP contribution in [0, 0.1) is 19.8 Å². The number of rotatable bonds is 8. The van der Waals surface area contributed by atoms with Crippen LogP contribution in [-0.2, 0) is 20.9 Å². The van der Waals surface area contributed by atoms with Crippen LogP contribution in [0.25, 0.3) is 5.69 Å². The van der Waals surface area contributed by atoms with E-state index in [1.165, 1.54) is 5.56 Å². The van der Waals surface area contributed by atoms with Crippen molar-refractivity contribution in [2.45, 2.75) is 83.5 Å². The third-order valence-corrected chi connectivity index (χ3v) is 9.09. The zero-order valence-corrected chi connectivity index (χ0v) is 23.6. The Bertz CT molecular complexity index is 1150. The van der Waals surface area contributed by atoms with Crippen LogP contribution in [0.5, 0.6) is 0 Å². The van der Waals surface area contributed by atoms with E-state index in [1.807, 2.05) is 27.8 Å². The molecule has 1 spiro atoms. The Balaban J connectivity index is 1.30. The first-order valence-electron chi connectivity index (χ1n) is 14.6. The number of aryl methyl sites for hydroxylation is 1. The second kappa shape index (κ2) is 11.8. The minimum atomic E-state index is -0.890. The number of benzene rings is 1. The van der Waals surface area contributed by atoms with Gasteiger partial charge in [-0.05, 0) is 64.0 Å². The van der Waals surface area contributed by atoms with Crippen LogP contribution in [-0.4, -0.2) is 87.0 Å². The van der Waals surface area contributed by atoms with Crippen LogP contribution in [0.3, 0.4) is 0 Å². The molecule has 0 radical (unpaired) electrons. The molecule has 2 amide bonds. The van der Waals surface area contributed by atoms with E-state index < -0.39 is 17.7 Å². The van der Waals surface area contributed by atoms with E-state index in [0.717, 1.165) is 36.5 Å². The number of piperazine rings is 1. The minimum absolute atomic E-state index is 0.0415. The monoisotopic (exact) mass is 537 g/mol. The van der Waals surface area contributed by atoms with E-state index >= 15 is 0 Å². The predicted octanol–water partition coefficient (Wildman–Crippen LogP) is 2.74. The fraction of sp³-hybridized carbons (Fsp3) is 0.633. The number of carbonyl (C=O) groups excluding carboxylic acids is 2. The summed E-state index contributed by atoms with van der Waals surface area (Å²) < 4.78 is 7.44. The number of carbonyl (C=O) groups is 2. The molecular weight excluding hydrogens is 494 g/mol. The van der Waals surface area contributed by atoms with E-state index in [0.29, 0.717) is 58.5 Å². The first-order valence-corrected chi connectivity index (χ1v) is 14.6. The zero-order valence-electron chi connectivity index (χ0n) is 23.6. The van der Waals surface area contributed by atoms with Gasteiger partial charge in [-0.3, -0.25) is 14.5 Å². The molecule has 2 N–H and O–H groups in total. The van der Waals surface area contributed by atoms with Crippen molar-refractivity contribution in [1.29, 1.82) is 0 Å². The number of ether oxygens (including phenoxy) is 1. The zero-order chi connectivity index (χ0) is 27.6. The number of unbranched alkanes of at least 4 members (excludes halogenated alkanes) is 1. The molecule has 4 heterocycles. The van der Waals surface area contributed by atoms with Crippen molar-refractivity contribution >= 4 is 11.8 Å². The second-order valence-electron chi connectivity index (χ2n) is 11.4. The molecule has 0 bridgehead atoms. The molecule has 3 fully saturated rings. The number of hydrogen-bond donors (Lipinski definition) is 2. The maximum atomic E-state index is 13.8. The first kappa shape index (κ1) is 27.8. The SMILES string of the molecule is CCCCN1C(=O)[C@@H]([C@H](O)C2CCOCC2)NC(=O)C12CCN(Cc1c(C)nn(-c3ccccc3)c1C)CC2. The molecule has 0 unspecified atom stereocenters. The van der Waals surface area contributed by atoms with Crippen molar-refractivity contribution in [3.8, 4) is 5.69 Å². The molecule has 9 nitrogen and oxygen atoms in total. The third kappa shape index (κ3) is 5.36. The average molecular weight is 538 g/mol. The number of nitrogens with zero attached hydrogens (tertiary/aromatic N) is 4. The van der Waals surface area contributed by atoms with Gasteiger partial charge in [0.15, 0.2) is 0 Å². The van der Waals surface area contributed by atoms with Crippen LogP contribution in [0.2, 0.25) is 0 Å². The van der Waals surface area contributed by atoms with Crippen LogP contribution >= 0.6 is 0 Å². The summed E-state index contributed by atoms with van der Waals surface area (Å²) in [6.07, 6.45) is 3.45. The van der Waals surface area contributed by atoms with Crippen molar-refractivity contribution in [3.05, 3.63) is 47.3 Å². The van der Waals surface area contributed by atoms with Gasteiger partial charge in [0, 0.05) is 50.7 Å². The summed E-state index contributed by atoms with van der Waals surface area (Å²) in [5.41, 5.74) is 3.54. The van der Waals surface area contributed by atoms with Crippen molar-refractivity contribution in [2.75, 3.05) is 32.8 Å². The molecule has 9 heteroatoms. The number of aliphatic hydroxyl groups is 1. The molecule has 212 valence electrons. The molecule has 3 aliphatic rings. The van der Waals surface area contributed by atoms with Crippen molar-refractivity contribution in [1.82, 2.24) is 24.9 Å². The van der Waals surface area contributed by atoms with Crippen molar-refractivity contribution < 1.29 is 19.4 Å². The van der Waals surface area contributed by atoms with Crippen molar-refractivity contribution in [2.24, 2.45) is 5.92 Å². The average Bonchev–Trinajstić information content (AvgIpc) is 3.25. The highest BCUT2D eigenvalue weighted by Gasteiger charge is 2.55. The van der Waals surface area contributed by atoms with E-state index in [1.54, 1.807) is 0 Å². The summed E-state index contributed by atoms with van der Waals surface area (Å²) in [7, 11) is 0. The lowest BCUT2D eigenvalue weighted by atomic mass is 9.79. The number of hydrogen-bond acceptors (Lipinski definition) is 6. The normalized spacial score (nSPS) is 23.3. The number of para-hydroxylation sites is 1. The number of nitrogens with one attached hydrogen (secondary N) is 1. The Kier molecular flexibility index (Phi) is 8.40. The second-order valence-corrected chi connectivity index (χ2v) is 11.4. The number of aromatic nitrogens is 2. The maximum absolute atomic E-state index is 13.8. The largest absolute Gasteiger partial charge is 0.390 e. The minimum Gasteiger partial charge on any atom is -0.390 e. The Hall–Kier alpha value is -2.75. The van der Waals surface area contributed by atoms with Gasteiger partial charge in [0.1, 0.15) is 11.6 Å². The van der Waals surface area contributed by atoms with Gasteiger partial charge in [0.05, 0.1) is 17.5 Å². The Morgan fingerprint density at radius 2 is 1.82 bits per heavy atom. The first-order chi connectivity index (χ1) is 18.9. The fourth-order valence-electron chi connectivity index (χ4n) is 6.57. The van der Waals surface area contributed by atoms with Crippen LogP contribution in [0.15, 0.2) is 30.3 Å². The molecule has 0 aliphatic carbocycles. The van der Waals surface area contributed by atoms with Gasteiger partial charge in [0.25, 0.3) is 0 Å². The molecule has 39 heavy (non-hydrogen) atoms. The van der Waals surface area contributed by atoms with Crippen LogP contribution in [0.1, 0.15) is 62.4 Å². The van der Waals surface area contributed by atoms with Crippen molar-refractivity contribution in [3.63, 3.8) is 0 Å². The van der Waals surface area contributed by atoms with Crippen LogP contribution in [0.4, 0.5) is 0 Å². The number of likely N-dealkylation sites (tertiary alicyclic amines) is 1. The summed E-state index contributed by atoms with van der Waals surface area (Å²) >= 11 is 0. The Morgan fingerprint density at radius 3 is 2.49 bits per heavy atom. The van der Waals surface area contributed by atoms with E-state index in [4.69, 9.17) is 9.84 Å². The number of amides is 2. The lowest BCUT2D eigenvalue weighted by molar-refractivity contribution is -0.166. The van der Waals surface area contributed by atoms with E-state index in [9.17, 15) is 14.7 Å². The van der Waals surface area contributed by atoms with Crippen LogP contribution < -0.4 is 5.32 Å². The molecule has 2 aromatic rings. The summed E-state index contributed by atoms with van der Waals surface area (Å²) in [5, 5.41) is 18.9. The highest BCUT2D eigenvalue weighted by atomic mass is 16.5. The van der Waals surface area contributed by atoms with Gasteiger partial charge >= 0.3 is 0 Å². The standard InChI is InChI=1S/C30H43N5O4/c1-4-5-15-34-28(37)26(27(36)23-11-18-39-19-12-23)31-29(38)30(34)13-16-33(17-14-30)20-25-21(2)32-35(22(25)3)24-9-7-6-8-10-24/h6-10,23,26-27,36H,4-5,11-20H2,1-3H3,(H,31,38)/t26-,27-/m1/s1. The van der Waals surface area contributed by atoms with Gasteiger partial charge in [0.2, 0.25) is 11.8 Å². The molecule has 1 aromatic heterocycles. The molecule has 5 rings (SSSR count). The summed E-state index contributed by atoms with van der Waals surface area (Å²) in [5.74, 6) is -0.287. The molecular formula is C30H43N5O4. The quantitative estimate of drug-likeness (QED) is 0.537. The third-order valence-electron chi connectivity index (χ3n) is 9.09. The maximum Gasteiger partial charge on any atom is 0.248 e. The highest BCUT2D eigenvalue weighted by molar-refractivity contribution is 6.00. The molecule has 3 saturated heterocycles. The Labute approximate surface area is 231 Å². The molecule has 3 aliphatic heterocycles. The highest BCUT2D eigenvalue weighted by Crippen LogP contribution is 2.36. The Morgan fingerprint density at radius 1 is 1.13 bits per heavy atom. The van der Waals surface area contributed by atoms with Gasteiger partial charge in [-0.1, -0.05) is 31.5 Å². The summed E-state index contributed by atoms with van der Waals surface area (Å²) in [4.78, 5) is 31.8. The van der Waals surface area contributed by atoms with Gasteiger partial charge in [-0.2, -0.15) is 5.10 Å². The summed E-state index contributed by atoms with van der Waals surface area (Å²) in [6.45, 7) is 10.2. The smallest absolute Gasteiger partial charge is 0.248 e. The lowest BCUT2D eigenvalue weighted by Gasteiger charge is -2.52. The number of piperidine rings is 1. The topological polar surface area (TPSA) is 99.9 Å². The van der Waals surface area contributed by atoms with Gasteiger partial charge in [-0.25, -0.2) is 4.68 Å². The fourth-order valence-corrected chi connectivity index (χ4v) is 6.57. The van der Waals surface area contributed by atoms with Gasteiger partial charge in [-0.15, -0.1) is 0 Å². The molecule has 0 saturated carbocycles. The molecule has 2 atom stereocenters. The predicted molar refractivity (Wildman–Crippen MR) is 148 cm³/mol. The van der Waals surface area contributed by atoms with Gasteiger partial charge < -0.3 is 20.1 Å². The lowest BCUT2D eigenvalue weighted by Crippen LogP contribution is -2.75. The van der Waals surface area contributed by atoms with E-state index in [2.05, 4.69) is 43.1 Å². The number of aliphatic hydroxyl groups excluding tert-OH is 1.